The van der Waals surface area contributed by atoms with Crippen LogP contribution in [0.4, 0.5) is 0 Å². The average Bonchev–Trinajstić information content (AvgIpc) is 2.47. The zero-order valence-electron chi connectivity index (χ0n) is 6.45. The predicted molar refractivity (Wildman–Crippen MR) is 47.8 cm³/mol. The predicted octanol–water partition coefficient (Wildman–Crippen LogP) is 1.03. The average molecular weight is 180 g/mol. The molecule has 0 atom stereocenters. The summed E-state index contributed by atoms with van der Waals surface area (Å²) in [6, 6.07) is 7.66. The van der Waals surface area contributed by atoms with Crippen LogP contribution in [0.15, 0.2) is 24.3 Å². The van der Waals surface area contributed by atoms with E-state index in [-0.39, 0.29) is 0 Å². The van der Waals surface area contributed by atoms with Crippen LogP contribution in [-0.4, -0.2) is 13.3 Å². The highest BCUT2D eigenvalue weighted by Crippen LogP contribution is 2.20. The van der Waals surface area contributed by atoms with E-state index >= 15 is 0 Å². The maximum absolute atomic E-state index is 10.7. The van der Waals surface area contributed by atoms with Gasteiger partial charge in [-0.05, 0) is 24.0 Å². The van der Waals surface area contributed by atoms with Crippen LogP contribution in [0.25, 0.3) is 0 Å². The van der Waals surface area contributed by atoms with E-state index in [1.807, 2.05) is 24.3 Å². The van der Waals surface area contributed by atoms with Crippen molar-refractivity contribution in [1.82, 2.24) is 0 Å². The molecule has 0 bridgehead atoms. The lowest BCUT2D eigenvalue weighted by molar-refractivity contribution is 0.627. The normalized spacial score (nSPS) is 14.5. The van der Waals surface area contributed by atoms with Gasteiger partial charge < -0.3 is 0 Å². The Balaban J connectivity index is 2.73. The second-order valence-electron chi connectivity index (χ2n) is 2.82. The van der Waals surface area contributed by atoms with Crippen LogP contribution in [0.2, 0.25) is 0 Å². The van der Waals surface area contributed by atoms with Crippen LogP contribution in [0, 0.1) is 0 Å². The molecule has 0 spiro atoms. The summed E-state index contributed by atoms with van der Waals surface area (Å²) in [6.45, 7) is 0. The zero-order chi connectivity index (χ0) is 8.55. The second-order valence-corrected chi connectivity index (χ2v) is 3.78. The molecule has 1 aliphatic carbocycles. The molecule has 0 amide bonds. The number of fused-ring (bicyclic) bond motifs is 1. The third-order valence-corrected chi connectivity index (χ3v) is 2.97. The van der Waals surface area contributed by atoms with E-state index in [0.29, 0.717) is 11.3 Å². The highest BCUT2D eigenvalue weighted by atomic mass is 32.2. The van der Waals surface area contributed by atoms with Gasteiger partial charge in [0.25, 0.3) is 0 Å². The molecule has 0 unspecified atom stereocenters. The van der Waals surface area contributed by atoms with Crippen molar-refractivity contribution in [3.63, 3.8) is 0 Å². The summed E-state index contributed by atoms with van der Waals surface area (Å²) in [5.74, 6) is 0. The van der Waals surface area contributed by atoms with E-state index in [0.717, 1.165) is 17.5 Å². The van der Waals surface area contributed by atoms with E-state index in [4.69, 9.17) is 0 Å². The maximum atomic E-state index is 10.7. The minimum Gasteiger partial charge on any atom is -0.184 e. The quantitative estimate of drug-likeness (QED) is 0.559. The van der Waals surface area contributed by atoms with Crippen molar-refractivity contribution in [2.45, 2.75) is 12.8 Å². The number of aryl methyl sites for hydroxylation is 1. The minimum atomic E-state index is -2.04. The Morgan fingerprint density at radius 1 is 1.08 bits per heavy atom. The standard InChI is InChI=1S/C9H8O2S/c10-12(11)9-6-5-7-3-1-2-4-8(7)9/h1-4H,5-6H2. The maximum Gasteiger partial charge on any atom is 0.217 e. The Morgan fingerprint density at radius 2 is 1.83 bits per heavy atom. The van der Waals surface area contributed by atoms with Gasteiger partial charge in [0.15, 0.2) is 0 Å². The molecule has 0 radical (unpaired) electrons. The topological polar surface area (TPSA) is 34.1 Å². The highest BCUT2D eigenvalue weighted by Gasteiger charge is 2.17. The minimum absolute atomic E-state index is 0.561. The number of hydrogen-bond donors (Lipinski definition) is 0. The Morgan fingerprint density at radius 3 is 2.58 bits per heavy atom. The van der Waals surface area contributed by atoms with Crippen molar-refractivity contribution < 1.29 is 8.42 Å². The lowest BCUT2D eigenvalue weighted by Gasteiger charge is -1.93. The van der Waals surface area contributed by atoms with Crippen LogP contribution in [0.3, 0.4) is 0 Å². The first-order valence-electron chi connectivity index (χ1n) is 3.82. The van der Waals surface area contributed by atoms with Crippen molar-refractivity contribution in [3.05, 3.63) is 35.4 Å². The molecule has 0 aromatic heterocycles. The summed E-state index contributed by atoms with van der Waals surface area (Å²) in [5.41, 5.74) is 2.06. The first-order valence-corrected chi connectivity index (χ1v) is 4.90. The van der Waals surface area contributed by atoms with Gasteiger partial charge in [-0.25, -0.2) is 0 Å². The van der Waals surface area contributed by atoms with E-state index in [2.05, 4.69) is 0 Å². The Hall–Kier alpha value is -1.09. The van der Waals surface area contributed by atoms with E-state index in [1.54, 1.807) is 0 Å². The number of hydrogen-bond acceptors (Lipinski definition) is 2. The Kier molecular flexibility index (Phi) is 1.73. The van der Waals surface area contributed by atoms with Gasteiger partial charge in [0, 0.05) is 0 Å². The molecule has 0 aliphatic heterocycles. The first kappa shape index (κ1) is 7.55. The van der Waals surface area contributed by atoms with Gasteiger partial charge in [-0.15, -0.1) is 0 Å². The second kappa shape index (κ2) is 2.75. The van der Waals surface area contributed by atoms with Crippen molar-refractivity contribution in [1.29, 1.82) is 0 Å². The molecule has 2 rings (SSSR count). The smallest absolute Gasteiger partial charge is 0.184 e. The Bertz CT molecular complexity index is 435. The van der Waals surface area contributed by atoms with Crippen LogP contribution in [-0.2, 0) is 16.7 Å². The molecule has 0 N–H and O–H groups in total. The van der Waals surface area contributed by atoms with Crippen LogP contribution in [0.1, 0.15) is 17.5 Å². The molecule has 3 heteroatoms. The fourth-order valence-electron chi connectivity index (χ4n) is 1.57. The van der Waals surface area contributed by atoms with E-state index in [1.165, 1.54) is 0 Å². The van der Waals surface area contributed by atoms with Gasteiger partial charge in [0.2, 0.25) is 10.3 Å². The van der Waals surface area contributed by atoms with Crippen molar-refractivity contribution in [2.24, 2.45) is 0 Å². The van der Waals surface area contributed by atoms with Gasteiger partial charge in [-0.1, -0.05) is 24.3 Å². The SMILES string of the molecule is O=S(=O)=C1CCc2ccccc21. The van der Waals surface area contributed by atoms with Crippen LogP contribution < -0.4 is 0 Å². The van der Waals surface area contributed by atoms with Crippen molar-refractivity contribution >= 4 is 15.2 Å². The van der Waals surface area contributed by atoms with Gasteiger partial charge in [0.05, 0.1) is 4.86 Å². The third kappa shape index (κ3) is 1.06. The lowest BCUT2D eigenvalue weighted by Crippen LogP contribution is -1.94. The molecule has 1 aliphatic rings. The molecule has 1 aromatic rings. The van der Waals surface area contributed by atoms with Crippen molar-refractivity contribution in [3.8, 4) is 0 Å². The van der Waals surface area contributed by atoms with E-state index < -0.39 is 10.3 Å². The third-order valence-electron chi connectivity index (χ3n) is 2.14. The van der Waals surface area contributed by atoms with Gasteiger partial charge >= 0.3 is 0 Å². The molecule has 0 saturated heterocycles. The van der Waals surface area contributed by atoms with Crippen LogP contribution >= 0.6 is 0 Å². The summed E-state index contributed by atoms with van der Waals surface area (Å²) in [7, 11) is -2.04. The highest BCUT2D eigenvalue weighted by molar-refractivity contribution is 7.73. The molecular weight excluding hydrogens is 172 g/mol. The van der Waals surface area contributed by atoms with E-state index in [9.17, 15) is 8.42 Å². The summed E-state index contributed by atoms with van der Waals surface area (Å²) in [4.78, 5) is 0.561. The fraction of sp³-hybridized carbons (Fsp3) is 0.222. The summed E-state index contributed by atoms with van der Waals surface area (Å²) in [6.07, 6.45) is 1.52. The fourth-order valence-corrected chi connectivity index (χ4v) is 2.21. The Labute approximate surface area is 72.4 Å². The monoisotopic (exact) mass is 180 g/mol. The lowest BCUT2D eigenvalue weighted by atomic mass is 10.1. The summed E-state index contributed by atoms with van der Waals surface area (Å²) < 4.78 is 21.5. The molecule has 1 aromatic carbocycles. The number of rotatable bonds is 0. The first-order chi connectivity index (χ1) is 5.79. The largest absolute Gasteiger partial charge is 0.217 e. The molecular formula is C9H8O2S. The molecule has 0 heterocycles. The molecule has 2 nitrogen and oxygen atoms in total. The zero-order valence-corrected chi connectivity index (χ0v) is 7.26. The molecule has 62 valence electrons. The van der Waals surface area contributed by atoms with Crippen molar-refractivity contribution in [2.75, 3.05) is 0 Å². The van der Waals surface area contributed by atoms with Gasteiger partial charge in [-0.3, -0.25) is 0 Å². The van der Waals surface area contributed by atoms with Gasteiger partial charge in [0.1, 0.15) is 0 Å². The summed E-state index contributed by atoms with van der Waals surface area (Å²) in [5, 5.41) is 0. The molecule has 12 heavy (non-hydrogen) atoms. The molecule has 0 saturated carbocycles. The molecule has 0 fully saturated rings. The number of benzene rings is 1. The van der Waals surface area contributed by atoms with Gasteiger partial charge in [-0.2, -0.15) is 8.42 Å². The summed E-state index contributed by atoms with van der Waals surface area (Å²) >= 11 is 0. The van der Waals surface area contributed by atoms with Crippen LogP contribution in [0.5, 0.6) is 0 Å².